The highest BCUT2D eigenvalue weighted by Gasteiger charge is 2.08. The normalized spacial score (nSPS) is 10.8. The zero-order chi connectivity index (χ0) is 13.8. The number of nitrogens with one attached hydrogen (secondary N) is 2. The summed E-state index contributed by atoms with van der Waals surface area (Å²) >= 11 is 0. The minimum atomic E-state index is 0.226. The van der Waals surface area contributed by atoms with Gasteiger partial charge in [0.05, 0.1) is 6.54 Å². The molecular formula is C11H18N8. The zero-order valence-corrected chi connectivity index (χ0v) is 11.3. The number of nitrogens with two attached hydrogens (primary N) is 1. The average molecular weight is 262 g/mol. The molecule has 0 amide bonds. The van der Waals surface area contributed by atoms with Crippen molar-refractivity contribution in [3.05, 3.63) is 24.0 Å². The molecule has 8 heteroatoms. The molecule has 2 aromatic rings. The van der Waals surface area contributed by atoms with Crippen molar-refractivity contribution in [2.45, 2.75) is 26.3 Å². The van der Waals surface area contributed by atoms with Crippen LogP contribution in [0.5, 0.6) is 0 Å². The Morgan fingerprint density at radius 3 is 2.63 bits per heavy atom. The third kappa shape index (κ3) is 3.16. The molecule has 19 heavy (non-hydrogen) atoms. The van der Waals surface area contributed by atoms with Crippen molar-refractivity contribution in [3.8, 4) is 0 Å². The van der Waals surface area contributed by atoms with Crippen LogP contribution in [0.1, 0.15) is 31.4 Å². The molecule has 0 atom stereocenters. The second-order valence-electron chi connectivity index (χ2n) is 4.51. The fraction of sp³-hybridized carbons (Fsp3) is 0.455. The second kappa shape index (κ2) is 5.61. The predicted octanol–water partition coefficient (Wildman–Crippen LogP) is 0.626. The summed E-state index contributed by atoms with van der Waals surface area (Å²) in [6, 6.07) is 1.75. The Morgan fingerprint density at radius 2 is 2.05 bits per heavy atom. The van der Waals surface area contributed by atoms with Gasteiger partial charge in [-0.3, -0.25) is 0 Å². The van der Waals surface area contributed by atoms with Crippen LogP contribution in [0.25, 0.3) is 0 Å². The number of aromatic nitrogens is 5. The van der Waals surface area contributed by atoms with Crippen molar-refractivity contribution in [2.75, 3.05) is 10.7 Å². The number of hydrazine groups is 1. The van der Waals surface area contributed by atoms with Gasteiger partial charge in [0.2, 0.25) is 0 Å². The smallest absolute Gasteiger partial charge is 0.151 e. The standard InChI is InChI=1S/C11H18N8/c1-7(2)11-15-8(4-9(16-11)17-12)13-5-10-18-14-6-19(10)3/h4,6-7H,5,12H2,1-3H3,(H2,13,15,16,17). The largest absolute Gasteiger partial charge is 0.363 e. The Balaban J connectivity index is 2.15. The van der Waals surface area contributed by atoms with Crippen LogP contribution in [0, 0.1) is 0 Å². The molecule has 0 bridgehead atoms. The predicted molar refractivity (Wildman–Crippen MR) is 72.3 cm³/mol. The van der Waals surface area contributed by atoms with Crippen LogP contribution in [0.4, 0.5) is 11.6 Å². The number of nitrogen functional groups attached to an aromatic ring is 1. The maximum atomic E-state index is 5.41. The van der Waals surface area contributed by atoms with Gasteiger partial charge in [-0.25, -0.2) is 15.8 Å². The van der Waals surface area contributed by atoms with E-state index < -0.39 is 0 Å². The van der Waals surface area contributed by atoms with Crippen molar-refractivity contribution in [2.24, 2.45) is 12.9 Å². The quantitative estimate of drug-likeness (QED) is 0.535. The van der Waals surface area contributed by atoms with Crippen LogP contribution in [0.3, 0.4) is 0 Å². The molecule has 0 fully saturated rings. The van der Waals surface area contributed by atoms with Gasteiger partial charge < -0.3 is 15.3 Å². The van der Waals surface area contributed by atoms with E-state index in [-0.39, 0.29) is 5.92 Å². The fourth-order valence-corrected chi connectivity index (χ4v) is 1.53. The molecule has 4 N–H and O–H groups in total. The van der Waals surface area contributed by atoms with E-state index in [9.17, 15) is 0 Å². The summed E-state index contributed by atoms with van der Waals surface area (Å²) in [5.74, 6) is 8.48. The lowest BCUT2D eigenvalue weighted by Gasteiger charge is -2.11. The van der Waals surface area contributed by atoms with E-state index in [1.54, 1.807) is 12.4 Å². The van der Waals surface area contributed by atoms with Crippen molar-refractivity contribution >= 4 is 11.6 Å². The second-order valence-corrected chi connectivity index (χ2v) is 4.51. The number of hydrogen-bond donors (Lipinski definition) is 3. The van der Waals surface area contributed by atoms with Gasteiger partial charge in [-0.05, 0) is 0 Å². The Labute approximate surface area is 111 Å². The molecule has 0 aliphatic heterocycles. The first-order valence-electron chi connectivity index (χ1n) is 6.02. The van der Waals surface area contributed by atoms with Gasteiger partial charge in [0.1, 0.15) is 23.8 Å². The number of hydrogen-bond acceptors (Lipinski definition) is 7. The first-order chi connectivity index (χ1) is 9.10. The van der Waals surface area contributed by atoms with Gasteiger partial charge in [-0.2, -0.15) is 0 Å². The summed E-state index contributed by atoms with van der Waals surface area (Å²) in [5.41, 5.74) is 2.54. The highest BCUT2D eigenvalue weighted by Crippen LogP contribution is 2.16. The van der Waals surface area contributed by atoms with E-state index in [1.807, 2.05) is 25.5 Å². The first kappa shape index (κ1) is 13.2. The van der Waals surface area contributed by atoms with Gasteiger partial charge in [0, 0.05) is 19.0 Å². The summed E-state index contributed by atoms with van der Waals surface area (Å²) in [7, 11) is 1.89. The molecule has 102 valence electrons. The van der Waals surface area contributed by atoms with E-state index >= 15 is 0 Å². The molecule has 2 aromatic heterocycles. The van der Waals surface area contributed by atoms with Gasteiger partial charge in [0.15, 0.2) is 5.82 Å². The van der Waals surface area contributed by atoms with Crippen LogP contribution in [0.15, 0.2) is 12.4 Å². The summed E-state index contributed by atoms with van der Waals surface area (Å²) in [6.45, 7) is 4.60. The molecule has 0 saturated heterocycles. The molecule has 0 unspecified atom stereocenters. The lowest BCUT2D eigenvalue weighted by atomic mass is 10.2. The molecule has 0 aliphatic carbocycles. The summed E-state index contributed by atoms with van der Waals surface area (Å²) < 4.78 is 1.85. The lowest BCUT2D eigenvalue weighted by Crippen LogP contribution is -2.13. The Hall–Kier alpha value is -2.22. The van der Waals surface area contributed by atoms with Crippen LogP contribution >= 0.6 is 0 Å². The van der Waals surface area contributed by atoms with E-state index in [2.05, 4.69) is 30.9 Å². The SMILES string of the molecule is CC(C)c1nc(NN)cc(NCc2nncn2C)n1. The summed E-state index contributed by atoms with van der Waals surface area (Å²) in [6.07, 6.45) is 1.66. The van der Waals surface area contributed by atoms with Crippen LogP contribution in [-0.2, 0) is 13.6 Å². The molecule has 0 aliphatic rings. The van der Waals surface area contributed by atoms with Crippen molar-refractivity contribution in [1.29, 1.82) is 0 Å². The topological polar surface area (TPSA) is 107 Å². The lowest BCUT2D eigenvalue weighted by molar-refractivity contribution is 0.770. The minimum absolute atomic E-state index is 0.226. The highest BCUT2D eigenvalue weighted by molar-refractivity contribution is 5.47. The maximum absolute atomic E-state index is 5.41. The monoisotopic (exact) mass is 262 g/mol. The van der Waals surface area contributed by atoms with E-state index in [0.29, 0.717) is 18.2 Å². The third-order valence-electron chi connectivity index (χ3n) is 2.64. The molecule has 0 aromatic carbocycles. The molecule has 0 radical (unpaired) electrons. The molecule has 0 saturated carbocycles. The third-order valence-corrected chi connectivity index (χ3v) is 2.64. The average Bonchev–Trinajstić information content (AvgIpc) is 2.81. The van der Waals surface area contributed by atoms with Crippen molar-refractivity contribution in [3.63, 3.8) is 0 Å². The minimum Gasteiger partial charge on any atom is -0.363 e. The van der Waals surface area contributed by atoms with E-state index in [4.69, 9.17) is 5.84 Å². The molecular weight excluding hydrogens is 244 g/mol. The molecule has 2 rings (SSSR count). The molecule has 0 spiro atoms. The summed E-state index contributed by atoms with van der Waals surface area (Å²) in [4.78, 5) is 8.73. The summed E-state index contributed by atoms with van der Waals surface area (Å²) in [5, 5.41) is 11.0. The van der Waals surface area contributed by atoms with Gasteiger partial charge in [0.25, 0.3) is 0 Å². The highest BCUT2D eigenvalue weighted by atomic mass is 15.3. The van der Waals surface area contributed by atoms with Crippen LogP contribution in [0.2, 0.25) is 0 Å². The maximum Gasteiger partial charge on any atom is 0.151 e. The number of nitrogens with zero attached hydrogens (tertiary/aromatic N) is 5. The fourth-order valence-electron chi connectivity index (χ4n) is 1.53. The van der Waals surface area contributed by atoms with Crippen LogP contribution < -0.4 is 16.6 Å². The molecule has 8 nitrogen and oxygen atoms in total. The Bertz CT molecular complexity index is 547. The first-order valence-corrected chi connectivity index (χ1v) is 6.02. The molecule has 2 heterocycles. The zero-order valence-electron chi connectivity index (χ0n) is 11.3. The number of rotatable bonds is 5. The van der Waals surface area contributed by atoms with Gasteiger partial charge in [-0.1, -0.05) is 13.8 Å². The Morgan fingerprint density at radius 1 is 1.32 bits per heavy atom. The van der Waals surface area contributed by atoms with Crippen molar-refractivity contribution in [1.82, 2.24) is 24.7 Å². The van der Waals surface area contributed by atoms with Crippen LogP contribution in [-0.4, -0.2) is 24.7 Å². The van der Waals surface area contributed by atoms with Crippen molar-refractivity contribution < 1.29 is 0 Å². The van der Waals surface area contributed by atoms with Gasteiger partial charge >= 0.3 is 0 Å². The number of anilines is 2. The van der Waals surface area contributed by atoms with E-state index in [0.717, 1.165) is 11.6 Å². The Kier molecular flexibility index (Phi) is 3.91. The van der Waals surface area contributed by atoms with Gasteiger partial charge in [-0.15, -0.1) is 10.2 Å². The number of aryl methyl sites for hydroxylation is 1. The van der Waals surface area contributed by atoms with E-state index in [1.165, 1.54) is 0 Å².